The highest BCUT2D eigenvalue weighted by Crippen LogP contribution is 2.76. The van der Waals surface area contributed by atoms with Crippen molar-refractivity contribution in [3.63, 3.8) is 0 Å². The molecule has 21 atom stereocenters. The third-order valence-electron chi connectivity index (χ3n) is 17.0. The molecule has 0 aromatic carbocycles. The fraction of sp³-hybridized carbons (Fsp3) is 0.952. The molecule has 57 heavy (non-hydrogen) atoms. The molecule has 15 heteroatoms. The van der Waals surface area contributed by atoms with E-state index in [1.54, 1.807) is 0 Å². The predicted molar refractivity (Wildman–Crippen MR) is 204 cm³/mol. The Morgan fingerprint density at radius 2 is 1.32 bits per heavy atom. The van der Waals surface area contributed by atoms with Crippen LogP contribution in [0.4, 0.5) is 0 Å². The van der Waals surface area contributed by atoms with Crippen LogP contribution in [0.3, 0.4) is 0 Å². The molecule has 0 bridgehead atoms. The Hall–Kier alpha value is -0.860. The summed E-state index contributed by atoms with van der Waals surface area (Å²) >= 11 is 0. The fourth-order valence-electron chi connectivity index (χ4n) is 13.2. The molecule has 2 aliphatic heterocycles. The summed E-state index contributed by atoms with van der Waals surface area (Å²) in [6.07, 6.45) is -11.0. The number of hydrogen-bond donors (Lipinski definition) is 11. The molecular weight excluding hydrogens is 744 g/mol. The zero-order valence-corrected chi connectivity index (χ0v) is 34.7. The molecule has 0 aromatic rings. The van der Waals surface area contributed by atoms with Crippen molar-refractivity contribution < 1.29 is 75.1 Å². The molecule has 0 aromatic heterocycles. The lowest BCUT2D eigenvalue weighted by molar-refractivity contribution is -0.350. The summed E-state index contributed by atoms with van der Waals surface area (Å²) in [5, 5.41) is 119. The van der Waals surface area contributed by atoms with Gasteiger partial charge in [0.1, 0.15) is 48.8 Å². The molecule has 4 saturated carbocycles. The third kappa shape index (κ3) is 7.39. The van der Waals surface area contributed by atoms with Gasteiger partial charge in [0.15, 0.2) is 12.6 Å². The van der Waals surface area contributed by atoms with Crippen LogP contribution < -0.4 is 0 Å². The standard InChI is InChI=1S/C42H72O15/c1-20(17-43)9-8-12-41(6,57-37-35(53)33(51)31(49)24(56-37)19-54-36-34(52)32(50)30(48)23(18-44)55-36)21-10-13-40(5)29(21)22(45)15-26-39(40,4)14-11-25-38(2,3)27(46)16-28(47)42(25,26)7/h9,21-37,43-53H,8,10-19H2,1-7H3/b20-9+/t21-,22-,23-,24-,25+,26+,27+,28-,29+,30-,31-,32+,33+,34-,35-,36-,37+,39-,40-,41+,42+/m1/s1. The van der Waals surface area contributed by atoms with Crippen LogP contribution in [-0.4, -0.2) is 161 Å². The van der Waals surface area contributed by atoms with E-state index in [4.69, 9.17) is 18.9 Å². The number of aliphatic hydroxyl groups is 11. The molecule has 0 amide bonds. The van der Waals surface area contributed by atoms with Gasteiger partial charge in [-0.25, -0.2) is 0 Å². The number of allylic oxidation sites excluding steroid dienone is 1. The second-order valence-corrected chi connectivity index (χ2v) is 20.1. The van der Waals surface area contributed by atoms with Crippen LogP contribution in [-0.2, 0) is 18.9 Å². The molecule has 2 saturated heterocycles. The molecule has 330 valence electrons. The van der Waals surface area contributed by atoms with E-state index in [0.29, 0.717) is 25.7 Å². The molecule has 0 unspecified atom stereocenters. The van der Waals surface area contributed by atoms with E-state index in [1.165, 1.54) is 0 Å². The van der Waals surface area contributed by atoms with Crippen LogP contribution in [0.5, 0.6) is 0 Å². The predicted octanol–water partition coefficient (Wildman–Crippen LogP) is 0.0922. The number of hydrogen-bond acceptors (Lipinski definition) is 15. The van der Waals surface area contributed by atoms with E-state index in [-0.39, 0.29) is 47.5 Å². The fourth-order valence-corrected chi connectivity index (χ4v) is 13.2. The van der Waals surface area contributed by atoms with Crippen LogP contribution in [0, 0.1) is 45.3 Å². The van der Waals surface area contributed by atoms with Gasteiger partial charge < -0.3 is 75.1 Å². The maximum absolute atomic E-state index is 12.4. The number of aliphatic hydroxyl groups excluding tert-OH is 11. The van der Waals surface area contributed by atoms with E-state index >= 15 is 0 Å². The first kappa shape index (κ1) is 45.7. The van der Waals surface area contributed by atoms with Gasteiger partial charge >= 0.3 is 0 Å². The van der Waals surface area contributed by atoms with Crippen LogP contribution in [0.1, 0.15) is 99.8 Å². The van der Waals surface area contributed by atoms with Crippen molar-refractivity contribution in [2.75, 3.05) is 19.8 Å². The van der Waals surface area contributed by atoms with E-state index < -0.39 is 109 Å². The molecule has 0 spiro atoms. The lowest BCUT2D eigenvalue weighted by atomic mass is 9.34. The maximum atomic E-state index is 12.4. The first-order chi connectivity index (χ1) is 26.5. The zero-order valence-electron chi connectivity index (χ0n) is 34.7. The second-order valence-electron chi connectivity index (χ2n) is 20.1. The molecule has 2 heterocycles. The number of ether oxygens (including phenoxy) is 4. The van der Waals surface area contributed by atoms with Crippen molar-refractivity contribution >= 4 is 0 Å². The smallest absolute Gasteiger partial charge is 0.187 e. The van der Waals surface area contributed by atoms with Crippen molar-refractivity contribution in [1.29, 1.82) is 0 Å². The van der Waals surface area contributed by atoms with Gasteiger partial charge in [-0.05, 0) is 98.7 Å². The average Bonchev–Trinajstić information content (AvgIpc) is 3.55. The minimum Gasteiger partial charge on any atom is -0.394 e. The Morgan fingerprint density at radius 1 is 0.719 bits per heavy atom. The van der Waals surface area contributed by atoms with Gasteiger partial charge in [-0.3, -0.25) is 0 Å². The van der Waals surface area contributed by atoms with Gasteiger partial charge in [0.25, 0.3) is 0 Å². The topological polar surface area (TPSA) is 259 Å². The molecule has 11 N–H and O–H groups in total. The van der Waals surface area contributed by atoms with Gasteiger partial charge in [-0.2, -0.15) is 0 Å². The lowest BCUT2D eigenvalue weighted by Crippen LogP contribution is -2.70. The van der Waals surface area contributed by atoms with Crippen LogP contribution in [0.2, 0.25) is 0 Å². The lowest BCUT2D eigenvalue weighted by Gasteiger charge is -2.71. The van der Waals surface area contributed by atoms with Gasteiger partial charge in [0.05, 0.1) is 43.7 Å². The van der Waals surface area contributed by atoms with Crippen LogP contribution in [0.25, 0.3) is 0 Å². The average molecular weight is 817 g/mol. The monoisotopic (exact) mass is 816 g/mol. The SMILES string of the molecule is C/C(=C\CC[C@](C)(O[C@@H]1O[C@H](CO[C@@H]2O[C@H](CO)[C@@H](O)[C@H](O)[C@H]2O)[C@@H](O)[C@H](O)[C@H]1O)[C@@H]1CC[C@]2(C)[C@@H]1[C@H](O)C[C@@H]1[C@@]3(C)[C@H](O)C[C@H](O)C(C)(C)[C@@H]3CC[C@]12C)CO. The summed E-state index contributed by atoms with van der Waals surface area (Å²) in [4.78, 5) is 0. The molecule has 4 aliphatic carbocycles. The highest BCUT2D eigenvalue weighted by atomic mass is 16.7. The highest BCUT2D eigenvalue weighted by Gasteiger charge is 2.73. The molecular formula is C42H72O15. The van der Waals surface area contributed by atoms with Crippen molar-refractivity contribution in [1.82, 2.24) is 0 Å². The van der Waals surface area contributed by atoms with Crippen molar-refractivity contribution in [3.05, 3.63) is 11.6 Å². The summed E-state index contributed by atoms with van der Waals surface area (Å²) in [5.74, 6) is -0.479. The first-order valence-corrected chi connectivity index (χ1v) is 21.1. The molecule has 6 rings (SSSR count). The van der Waals surface area contributed by atoms with Gasteiger partial charge in [0, 0.05) is 11.8 Å². The number of rotatable bonds is 11. The molecule has 6 aliphatic rings. The van der Waals surface area contributed by atoms with Crippen molar-refractivity contribution in [3.8, 4) is 0 Å². The minimum atomic E-state index is -1.73. The minimum absolute atomic E-state index is 0.0209. The Labute approximate surface area is 336 Å². The van der Waals surface area contributed by atoms with Gasteiger partial charge in [-0.15, -0.1) is 0 Å². The van der Waals surface area contributed by atoms with Crippen molar-refractivity contribution in [2.45, 2.75) is 185 Å². The third-order valence-corrected chi connectivity index (χ3v) is 17.0. The van der Waals surface area contributed by atoms with Gasteiger partial charge in [0.2, 0.25) is 0 Å². The van der Waals surface area contributed by atoms with E-state index in [9.17, 15) is 56.2 Å². The first-order valence-electron chi connectivity index (χ1n) is 21.1. The molecule has 15 nitrogen and oxygen atoms in total. The Bertz CT molecular complexity index is 1430. The normalized spacial score (nSPS) is 52.4. The molecule has 6 fully saturated rings. The van der Waals surface area contributed by atoms with E-state index in [1.807, 2.05) is 19.9 Å². The second kappa shape index (κ2) is 16.4. The Balaban J connectivity index is 1.27. The number of fused-ring (bicyclic) bond motifs is 5. The summed E-state index contributed by atoms with van der Waals surface area (Å²) < 4.78 is 24.1. The summed E-state index contributed by atoms with van der Waals surface area (Å²) in [6.45, 7) is 13.4. The van der Waals surface area contributed by atoms with E-state index in [0.717, 1.165) is 24.8 Å². The largest absolute Gasteiger partial charge is 0.394 e. The zero-order chi connectivity index (χ0) is 42.2. The Kier molecular flexibility index (Phi) is 13.2. The summed E-state index contributed by atoms with van der Waals surface area (Å²) in [6, 6.07) is 0. The van der Waals surface area contributed by atoms with Gasteiger partial charge in [-0.1, -0.05) is 46.3 Å². The maximum Gasteiger partial charge on any atom is 0.187 e. The summed E-state index contributed by atoms with van der Waals surface area (Å²) in [5.41, 5.74) is -1.91. The van der Waals surface area contributed by atoms with E-state index in [2.05, 4.69) is 34.6 Å². The van der Waals surface area contributed by atoms with Crippen LogP contribution >= 0.6 is 0 Å². The highest BCUT2D eigenvalue weighted by molar-refractivity contribution is 5.21. The van der Waals surface area contributed by atoms with Crippen molar-refractivity contribution in [2.24, 2.45) is 45.3 Å². The van der Waals surface area contributed by atoms with Crippen LogP contribution in [0.15, 0.2) is 11.6 Å². The summed E-state index contributed by atoms with van der Waals surface area (Å²) in [7, 11) is 0. The molecule has 0 radical (unpaired) electrons. The Morgan fingerprint density at radius 3 is 1.95 bits per heavy atom. The quantitative estimate of drug-likeness (QED) is 0.124.